The summed E-state index contributed by atoms with van der Waals surface area (Å²) in [5.74, 6) is 1.19. The number of nitrogens with two attached hydrogens (primary N) is 1. The monoisotopic (exact) mass is 284 g/mol. The van der Waals surface area contributed by atoms with Gasteiger partial charge in [-0.05, 0) is 38.3 Å². The molecule has 0 heterocycles. The molecule has 0 aromatic rings. The van der Waals surface area contributed by atoms with Crippen LogP contribution >= 0.6 is 0 Å². The second-order valence-corrected chi connectivity index (χ2v) is 6.39. The predicted molar refractivity (Wildman–Crippen MR) is 82.4 cm³/mol. The lowest BCUT2D eigenvalue weighted by atomic mass is 9.76. The van der Waals surface area contributed by atoms with Crippen LogP contribution in [0.25, 0.3) is 0 Å². The zero-order valence-corrected chi connectivity index (χ0v) is 13.6. The number of methoxy groups -OCH3 is 1. The van der Waals surface area contributed by atoms with Gasteiger partial charge in [-0.3, -0.25) is 4.79 Å². The van der Waals surface area contributed by atoms with Gasteiger partial charge in [0.05, 0.1) is 13.0 Å². The molecule has 118 valence electrons. The van der Waals surface area contributed by atoms with Crippen molar-refractivity contribution < 1.29 is 9.53 Å². The highest BCUT2D eigenvalue weighted by Gasteiger charge is 2.32. The number of ether oxygens (including phenoxy) is 1. The van der Waals surface area contributed by atoms with Gasteiger partial charge in [-0.2, -0.15) is 0 Å². The van der Waals surface area contributed by atoms with Crippen molar-refractivity contribution in [1.82, 2.24) is 4.90 Å². The lowest BCUT2D eigenvalue weighted by Gasteiger charge is -2.41. The van der Waals surface area contributed by atoms with Gasteiger partial charge in [-0.1, -0.05) is 33.1 Å². The third-order valence-electron chi connectivity index (χ3n) is 4.80. The minimum atomic E-state index is -0.123. The molecule has 2 N–H and O–H groups in total. The van der Waals surface area contributed by atoms with Crippen LogP contribution in [0.3, 0.4) is 0 Å². The maximum Gasteiger partial charge on any atom is 0.309 e. The van der Waals surface area contributed by atoms with Crippen LogP contribution in [0.5, 0.6) is 0 Å². The van der Waals surface area contributed by atoms with E-state index in [9.17, 15) is 4.79 Å². The molecule has 0 radical (unpaired) electrons. The standard InChI is InChI=1S/C16H32N2O2/c1-5-6-13-7-8-14(10-17)15(9-13)18(3)11-12(2)16(19)20-4/h12-15H,5-11,17H2,1-4H3. The van der Waals surface area contributed by atoms with E-state index >= 15 is 0 Å². The molecule has 1 aliphatic rings. The van der Waals surface area contributed by atoms with Crippen molar-refractivity contribution in [2.24, 2.45) is 23.5 Å². The average molecular weight is 284 g/mol. The van der Waals surface area contributed by atoms with Gasteiger partial charge in [0, 0.05) is 12.6 Å². The quantitative estimate of drug-likeness (QED) is 0.729. The second-order valence-electron chi connectivity index (χ2n) is 6.39. The van der Waals surface area contributed by atoms with Crippen LogP contribution in [0.4, 0.5) is 0 Å². The molecule has 0 saturated heterocycles. The fourth-order valence-electron chi connectivity index (χ4n) is 3.62. The Morgan fingerprint density at radius 1 is 1.45 bits per heavy atom. The largest absolute Gasteiger partial charge is 0.469 e. The van der Waals surface area contributed by atoms with Gasteiger partial charge in [0.25, 0.3) is 0 Å². The van der Waals surface area contributed by atoms with E-state index in [-0.39, 0.29) is 11.9 Å². The number of rotatable bonds is 7. The summed E-state index contributed by atoms with van der Waals surface area (Å²) >= 11 is 0. The maximum absolute atomic E-state index is 11.6. The molecule has 0 spiro atoms. The van der Waals surface area contributed by atoms with Crippen LogP contribution in [0, 0.1) is 17.8 Å². The van der Waals surface area contributed by atoms with Gasteiger partial charge in [0.15, 0.2) is 0 Å². The average Bonchev–Trinajstić information content (AvgIpc) is 2.46. The Balaban J connectivity index is 2.60. The number of carbonyl (C=O) groups excluding carboxylic acids is 1. The van der Waals surface area contributed by atoms with Crippen LogP contribution in [0.15, 0.2) is 0 Å². The van der Waals surface area contributed by atoms with Crippen molar-refractivity contribution in [3.63, 3.8) is 0 Å². The Labute approximate surface area is 124 Å². The summed E-state index contributed by atoms with van der Waals surface area (Å²) in [6.45, 7) is 5.70. The highest BCUT2D eigenvalue weighted by Crippen LogP contribution is 2.34. The molecule has 1 aliphatic carbocycles. The molecular formula is C16H32N2O2. The molecule has 20 heavy (non-hydrogen) atoms. The maximum atomic E-state index is 11.6. The third-order valence-corrected chi connectivity index (χ3v) is 4.80. The number of carbonyl (C=O) groups is 1. The Morgan fingerprint density at radius 2 is 2.15 bits per heavy atom. The zero-order chi connectivity index (χ0) is 15.1. The summed E-state index contributed by atoms with van der Waals surface area (Å²) in [6.07, 6.45) is 6.33. The lowest BCUT2D eigenvalue weighted by Crippen LogP contribution is -2.47. The third kappa shape index (κ3) is 4.74. The fourth-order valence-corrected chi connectivity index (χ4v) is 3.62. The molecule has 0 aromatic carbocycles. The molecule has 1 fully saturated rings. The molecule has 1 saturated carbocycles. The Bertz CT molecular complexity index is 296. The van der Waals surface area contributed by atoms with Crippen molar-refractivity contribution in [3.05, 3.63) is 0 Å². The Kier molecular flexibility index (Phi) is 7.52. The van der Waals surface area contributed by atoms with Gasteiger partial charge < -0.3 is 15.4 Å². The summed E-state index contributed by atoms with van der Waals surface area (Å²) in [6, 6.07) is 0.511. The van der Waals surface area contributed by atoms with Gasteiger partial charge in [-0.15, -0.1) is 0 Å². The first-order chi connectivity index (χ1) is 9.53. The van der Waals surface area contributed by atoms with Gasteiger partial charge in [-0.25, -0.2) is 0 Å². The summed E-state index contributed by atoms with van der Waals surface area (Å²) in [5.41, 5.74) is 5.95. The summed E-state index contributed by atoms with van der Waals surface area (Å²) in [4.78, 5) is 13.9. The van der Waals surface area contributed by atoms with E-state index in [1.165, 1.54) is 39.2 Å². The Morgan fingerprint density at radius 3 is 2.70 bits per heavy atom. The molecule has 0 bridgehead atoms. The first-order valence-electron chi connectivity index (χ1n) is 8.01. The molecule has 0 aliphatic heterocycles. The van der Waals surface area contributed by atoms with Crippen LogP contribution < -0.4 is 5.73 Å². The van der Waals surface area contributed by atoms with E-state index in [1.807, 2.05) is 6.92 Å². The minimum Gasteiger partial charge on any atom is -0.469 e. The molecular weight excluding hydrogens is 252 g/mol. The molecule has 1 rings (SSSR count). The summed E-state index contributed by atoms with van der Waals surface area (Å²) in [7, 11) is 3.58. The molecule has 4 nitrogen and oxygen atoms in total. The van der Waals surface area contributed by atoms with E-state index < -0.39 is 0 Å². The van der Waals surface area contributed by atoms with E-state index in [0.29, 0.717) is 12.0 Å². The summed E-state index contributed by atoms with van der Waals surface area (Å²) in [5, 5.41) is 0. The number of esters is 1. The van der Waals surface area contributed by atoms with Crippen molar-refractivity contribution in [1.29, 1.82) is 0 Å². The molecule has 0 aromatic heterocycles. The fraction of sp³-hybridized carbons (Fsp3) is 0.938. The van der Waals surface area contributed by atoms with Gasteiger partial charge in [0.2, 0.25) is 0 Å². The number of hydrogen-bond acceptors (Lipinski definition) is 4. The van der Waals surface area contributed by atoms with E-state index in [0.717, 1.165) is 19.0 Å². The second kappa shape index (κ2) is 8.63. The highest BCUT2D eigenvalue weighted by atomic mass is 16.5. The van der Waals surface area contributed by atoms with Crippen molar-refractivity contribution in [3.8, 4) is 0 Å². The number of hydrogen-bond donors (Lipinski definition) is 1. The molecule has 4 unspecified atom stereocenters. The number of nitrogens with zero attached hydrogens (tertiary/aromatic N) is 1. The SMILES string of the molecule is CCCC1CCC(CN)C(N(C)CC(C)C(=O)OC)C1. The van der Waals surface area contributed by atoms with Crippen molar-refractivity contribution >= 4 is 5.97 Å². The topological polar surface area (TPSA) is 55.6 Å². The van der Waals surface area contributed by atoms with E-state index in [2.05, 4.69) is 18.9 Å². The molecule has 4 atom stereocenters. The van der Waals surface area contributed by atoms with Crippen molar-refractivity contribution in [2.45, 2.75) is 52.0 Å². The van der Waals surface area contributed by atoms with E-state index in [1.54, 1.807) is 0 Å². The molecule has 0 amide bonds. The summed E-state index contributed by atoms with van der Waals surface area (Å²) < 4.78 is 4.82. The zero-order valence-electron chi connectivity index (χ0n) is 13.6. The normalized spacial score (nSPS) is 28.4. The van der Waals surface area contributed by atoms with Crippen molar-refractivity contribution in [2.75, 3.05) is 27.2 Å². The minimum absolute atomic E-state index is 0.0741. The Hall–Kier alpha value is -0.610. The van der Waals surface area contributed by atoms with Gasteiger partial charge in [0.1, 0.15) is 0 Å². The van der Waals surface area contributed by atoms with Crippen LogP contribution in [0.2, 0.25) is 0 Å². The van der Waals surface area contributed by atoms with Crippen LogP contribution in [-0.2, 0) is 9.53 Å². The first-order valence-corrected chi connectivity index (χ1v) is 8.01. The van der Waals surface area contributed by atoms with E-state index in [4.69, 9.17) is 10.5 Å². The first kappa shape index (κ1) is 17.4. The van der Waals surface area contributed by atoms with Gasteiger partial charge >= 0.3 is 5.97 Å². The lowest BCUT2D eigenvalue weighted by molar-refractivity contribution is -0.145. The molecule has 4 heteroatoms. The predicted octanol–water partition coefficient (Wildman–Crippen LogP) is 2.27. The smallest absolute Gasteiger partial charge is 0.309 e. The van der Waals surface area contributed by atoms with Crippen LogP contribution in [0.1, 0.15) is 46.0 Å². The highest BCUT2D eigenvalue weighted by molar-refractivity contribution is 5.72. The van der Waals surface area contributed by atoms with Crippen LogP contribution in [-0.4, -0.2) is 44.2 Å².